The number of benzene rings is 1. The third-order valence-electron chi connectivity index (χ3n) is 3.45. The van der Waals surface area contributed by atoms with Gasteiger partial charge < -0.3 is 19.7 Å². The Morgan fingerprint density at radius 3 is 2.58 bits per heavy atom. The van der Waals surface area contributed by atoms with Gasteiger partial charge in [-0.25, -0.2) is 0 Å². The molecule has 19 heavy (non-hydrogen) atoms. The molecule has 0 saturated carbocycles. The summed E-state index contributed by atoms with van der Waals surface area (Å²) in [5.41, 5.74) is 1.23. The van der Waals surface area contributed by atoms with E-state index in [4.69, 9.17) is 9.47 Å². The first kappa shape index (κ1) is 14.0. The quantitative estimate of drug-likeness (QED) is 0.908. The van der Waals surface area contributed by atoms with Gasteiger partial charge in [0, 0.05) is 30.7 Å². The normalized spacial score (nSPS) is 22.2. The summed E-state index contributed by atoms with van der Waals surface area (Å²) in [6.07, 6.45) is 0. The van der Waals surface area contributed by atoms with Crippen molar-refractivity contribution in [3.63, 3.8) is 0 Å². The van der Waals surface area contributed by atoms with Gasteiger partial charge in [-0.1, -0.05) is 0 Å². The molecular weight excluding hydrogens is 240 g/mol. The summed E-state index contributed by atoms with van der Waals surface area (Å²) in [6.45, 7) is 8.60. The molecule has 1 fully saturated rings. The molecule has 106 valence electrons. The Labute approximate surface area is 115 Å². The number of nitrogens with zero attached hydrogens (tertiary/aromatic N) is 1. The van der Waals surface area contributed by atoms with E-state index in [1.54, 1.807) is 14.2 Å². The summed E-state index contributed by atoms with van der Waals surface area (Å²) in [4.78, 5) is 2.37. The zero-order valence-corrected chi connectivity index (χ0v) is 12.5. The van der Waals surface area contributed by atoms with Gasteiger partial charge in [0.05, 0.1) is 19.9 Å². The van der Waals surface area contributed by atoms with Crippen molar-refractivity contribution in [3.8, 4) is 11.5 Å². The van der Waals surface area contributed by atoms with E-state index in [9.17, 15) is 0 Å². The van der Waals surface area contributed by atoms with Gasteiger partial charge in [0.2, 0.25) is 0 Å². The molecule has 4 heteroatoms. The van der Waals surface area contributed by atoms with Crippen molar-refractivity contribution >= 4 is 5.69 Å². The van der Waals surface area contributed by atoms with Crippen molar-refractivity contribution in [1.29, 1.82) is 0 Å². The molecule has 2 rings (SSSR count). The molecule has 1 heterocycles. The van der Waals surface area contributed by atoms with E-state index in [0.717, 1.165) is 30.3 Å². The lowest BCUT2D eigenvalue weighted by molar-refractivity contribution is 0.299. The lowest BCUT2D eigenvalue weighted by Crippen LogP contribution is -2.61. The maximum absolute atomic E-state index is 5.50. The van der Waals surface area contributed by atoms with Crippen molar-refractivity contribution < 1.29 is 9.47 Å². The van der Waals surface area contributed by atoms with E-state index in [-0.39, 0.29) is 5.54 Å². The highest BCUT2D eigenvalue weighted by Crippen LogP contribution is 2.34. The second-order valence-electron chi connectivity index (χ2n) is 5.85. The average molecular weight is 264 g/mol. The van der Waals surface area contributed by atoms with Crippen LogP contribution in [0.25, 0.3) is 0 Å². The predicted molar refractivity (Wildman–Crippen MR) is 78.4 cm³/mol. The van der Waals surface area contributed by atoms with Crippen molar-refractivity contribution in [2.75, 3.05) is 32.2 Å². The fraction of sp³-hybridized carbons (Fsp3) is 0.600. The van der Waals surface area contributed by atoms with Gasteiger partial charge in [-0.3, -0.25) is 0 Å². The fourth-order valence-corrected chi connectivity index (χ4v) is 2.86. The second kappa shape index (κ2) is 5.29. The average Bonchev–Trinajstić information content (AvgIpc) is 2.35. The summed E-state index contributed by atoms with van der Waals surface area (Å²) >= 11 is 0. The van der Waals surface area contributed by atoms with Crippen molar-refractivity contribution in [3.05, 3.63) is 18.2 Å². The van der Waals surface area contributed by atoms with Crippen molar-refractivity contribution in [1.82, 2.24) is 5.32 Å². The van der Waals surface area contributed by atoms with E-state index >= 15 is 0 Å². The fourth-order valence-electron chi connectivity index (χ4n) is 2.86. The molecule has 0 spiro atoms. The minimum atomic E-state index is 0.0998. The van der Waals surface area contributed by atoms with Crippen LogP contribution in [-0.2, 0) is 0 Å². The number of hydrogen-bond acceptors (Lipinski definition) is 4. The first-order valence-corrected chi connectivity index (χ1v) is 6.70. The number of methoxy groups -OCH3 is 2. The molecule has 1 unspecified atom stereocenters. The molecule has 0 amide bonds. The summed E-state index contributed by atoms with van der Waals surface area (Å²) in [5.74, 6) is 1.69. The van der Waals surface area contributed by atoms with Crippen LogP contribution < -0.4 is 19.7 Å². The Morgan fingerprint density at radius 1 is 1.26 bits per heavy atom. The number of anilines is 1. The molecule has 1 N–H and O–H groups in total. The standard InChI is InChI=1S/C15H24N2O2/c1-11-9-17(10-15(2,3)16-11)13-7-6-12(18-4)8-14(13)19-5/h6-8,11,16H,9-10H2,1-5H3. The lowest BCUT2D eigenvalue weighted by Gasteiger charge is -2.44. The van der Waals surface area contributed by atoms with Crippen LogP contribution in [0.4, 0.5) is 5.69 Å². The summed E-state index contributed by atoms with van der Waals surface area (Å²) < 4.78 is 10.8. The molecular formula is C15H24N2O2. The van der Waals surface area contributed by atoms with Crippen LogP contribution in [-0.4, -0.2) is 38.9 Å². The number of hydrogen-bond donors (Lipinski definition) is 1. The minimum Gasteiger partial charge on any atom is -0.497 e. The molecule has 0 radical (unpaired) electrons. The molecule has 0 bridgehead atoms. The molecule has 1 aromatic rings. The first-order chi connectivity index (χ1) is 8.95. The summed E-state index contributed by atoms with van der Waals surface area (Å²) in [5, 5.41) is 3.61. The van der Waals surface area contributed by atoms with E-state index in [2.05, 4.69) is 37.1 Å². The number of piperazine rings is 1. The van der Waals surface area contributed by atoms with Crippen LogP contribution >= 0.6 is 0 Å². The molecule has 1 aliphatic rings. The zero-order valence-electron chi connectivity index (χ0n) is 12.5. The van der Waals surface area contributed by atoms with Gasteiger partial charge in [0.1, 0.15) is 11.5 Å². The number of nitrogens with one attached hydrogen (secondary N) is 1. The first-order valence-electron chi connectivity index (χ1n) is 6.70. The van der Waals surface area contributed by atoms with E-state index in [1.165, 1.54) is 0 Å². The van der Waals surface area contributed by atoms with E-state index < -0.39 is 0 Å². The monoisotopic (exact) mass is 264 g/mol. The Morgan fingerprint density at radius 2 is 2.00 bits per heavy atom. The van der Waals surface area contributed by atoms with Gasteiger partial charge in [0.15, 0.2) is 0 Å². The molecule has 0 aliphatic carbocycles. The zero-order chi connectivity index (χ0) is 14.0. The van der Waals surface area contributed by atoms with Crippen LogP contribution in [0.5, 0.6) is 11.5 Å². The maximum atomic E-state index is 5.50. The third-order valence-corrected chi connectivity index (χ3v) is 3.45. The van der Waals surface area contributed by atoms with Crippen LogP contribution in [0, 0.1) is 0 Å². The third kappa shape index (κ3) is 3.13. The smallest absolute Gasteiger partial charge is 0.145 e. The van der Waals surface area contributed by atoms with Crippen LogP contribution in [0.2, 0.25) is 0 Å². The Balaban J connectivity index is 2.30. The van der Waals surface area contributed by atoms with Crippen molar-refractivity contribution in [2.24, 2.45) is 0 Å². The molecule has 4 nitrogen and oxygen atoms in total. The second-order valence-corrected chi connectivity index (χ2v) is 5.85. The van der Waals surface area contributed by atoms with Gasteiger partial charge in [-0.2, -0.15) is 0 Å². The molecule has 0 aromatic heterocycles. The Bertz CT molecular complexity index is 446. The van der Waals surface area contributed by atoms with Gasteiger partial charge >= 0.3 is 0 Å². The minimum absolute atomic E-state index is 0.0998. The number of rotatable bonds is 3. The maximum Gasteiger partial charge on any atom is 0.145 e. The molecule has 1 aliphatic heterocycles. The molecule has 1 atom stereocenters. The van der Waals surface area contributed by atoms with Crippen LogP contribution in [0.15, 0.2) is 18.2 Å². The SMILES string of the molecule is COc1ccc(N2CC(C)NC(C)(C)C2)c(OC)c1. The van der Waals surface area contributed by atoms with E-state index in [0.29, 0.717) is 6.04 Å². The van der Waals surface area contributed by atoms with Gasteiger partial charge in [0.25, 0.3) is 0 Å². The van der Waals surface area contributed by atoms with Gasteiger partial charge in [-0.15, -0.1) is 0 Å². The highest BCUT2D eigenvalue weighted by Gasteiger charge is 2.31. The van der Waals surface area contributed by atoms with E-state index in [1.807, 2.05) is 12.1 Å². The highest BCUT2D eigenvalue weighted by molar-refractivity contribution is 5.61. The topological polar surface area (TPSA) is 33.7 Å². The summed E-state index contributed by atoms with van der Waals surface area (Å²) in [7, 11) is 3.37. The lowest BCUT2D eigenvalue weighted by atomic mass is 9.98. The largest absolute Gasteiger partial charge is 0.497 e. The number of ether oxygens (including phenoxy) is 2. The Kier molecular flexibility index (Phi) is 3.90. The predicted octanol–water partition coefficient (Wildman–Crippen LogP) is 2.28. The Hall–Kier alpha value is -1.42. The highest BCUT2D eigenvalue weighted by atomic mass is 16.5. The van der Waals surface area contributed by atoms with Crippen LogP contribution in [0.1, 0.15) is 20.8 Å². The molecule has 1 aromatic carbocycles. The summed E-state index contributed by atoms with van der Waals surface area (Å²) in [6, 6.07) is 6.45. The van der Waals surface area contributed by atoms with Gasteiger partial charge in [-0.05, 0) is 32.9 Å². The van der Waals surface area contributed by atoms with Crippen LogP contribution in [0.3, 0.4) is 0 Å². The molecule has 1 saturated heterocycles. The van der Waals surface area contributed by atoms with Crippen molar-refractivity contribution in [2.45, 2.75) is 32.4 Å².